The van der Waals surface area contributed by atoms with Gasteiger partial charge in [-0.25, -0.2) is 4.98 Å². The van der Waals surface area contributed by atoms with Crippen LogP contribution in [-0.4, -0.2) is 19.7 Å². The number of aryl methyl sites for hydroxylation is 2. The zero-order valence-electron chi connectivity index (χ0n) is 14.8. The molecule has 2 heterocycles. The number of nitrogens with one attached hydrogen (secondary N) is 1. The Balaban J connectivity index is 1.64. The molecule has 0 amide bonds. The summed E-state index contributed by atoms with van der Waals surface area (Å²) in [6.07, 6.45) is 6.37. The van der Waals surface area contributed by atoms with Gasteiger partial charge in [-0.15, -0.1) is 0 Å². The first kappa shape index (κ1) is 15.8. The van der Waals surface area contributed by atoms with Crippen molar-refractivity contribution in [2.45, 2.75) is 45.6 Å². The molecule has 0 bridgehead atoms. The van der Waals surface area contributed by atoms with Gasteiger partial charge in [0.15, 0.2) is 0 Å². The Morgan fingerprint density at radius 2 is 2.04 bits per heavy atom. The van der Waals surface area contributed by atoms with E-state index >= 15 is 0 Å². The molecule has 1 aliphatic carbocycles. The van der Waals surface area contributed by atoms with E-state index in [1.807, 2.05) is 10.9 Å². The lowest BCUT2D eigenvalue weighted by Crippen LogP contribution is -2.09. The van der Waals surface area contributed by atoms with E-state index in [4.69, 9.17) is 0 Å². The van der Waals surface area contributed by atoms with Crippen molar-refractivity contribution in [1.29, 1.82) is 0 Å². The summed E-state index contributed by atoms with van der Waals surface area (Å²) in [5.41, 5.74) is 5.40. The first-order valence-electron chi connectivity index (χ1n) is 8.74. The maximum absolute atomic E-state index is 11.7. The topological polar surface area (TPSA) is 63.6 Å². The van der Waals surface area contributed by atoms with Gasteiger partial charge in [0.1, 0.15) is 5.82 Å². The average molecular weight is 334 g/mol. The number of hydrogen-bond acceptors (Lipinski definition) is 3. The Morgan fingerprint density at radius 1 is 1.24 bits per heavy atom. The zero-order valence-corrected chi connectivity index (χ0v) is 14.8. The Kier molecular flexibility index (Phi) is 3.79. The molecule has 2 aromatic heterocycles. The molecule has 0 radical (unpaired) electrons. The van der Waals surface area contributed by atoms with Crippen molar-refractivity contribution in [1.82, 2.24) is 19.7 Å². The molecule has 5 nitrogen and oxygen atoms in total. The highest BCUT2D eigenvalue weighted by Gasteiger charge is 2.24. The molecule has 1 fully saturated rings. The van der Waals surface area contributed by atoms with Crippen LogP contribution in [-0.2, 0) is 0 Å². The fourth-order valence-electron chi connectivity index (χ4n) is 3.39. The molecule has 3 aromatic rings. The molecule has 0 aliphatic heterocycles. The highest BCUT2D eigenvalue weighted by Crippen LogP contribution is 2.41. The Hall–Kier alpha value is -2.69. The van der Waals surface area contributed by atoms with E-state index < -0.39 is 0 Å². The third-order valence-corrected chi connectivity index (χ3v) is 4.95. The molecule has 1 aromatic carbocycles. The first-order chi connectivity index (χ1) is 12.0. The Labute approximate surface area is 146 Å². The van der Waals surface area contributed by atoms with Gasteiger partial charge in [0.25, 0.3) is 5.56 Å². The molecular weight excluding hydrogens is 312 g/mol. The maximum Gasteiger partial charge on any atom is 0.251 e. The van der Waals surface area contributed by atoms with Crippen molar-refractivity contribution >= 4 is 0 Å². The molecule has 0 saturated heterocycles. The van der Waals surface area contributed by atoms with Gasteiger partial charge in [-0.3, -0.25) is 9.48 Å². The molecule has 25 heavy (non-hydrogen) atoms. The van der Waals surface area contributed by atoms with Gasteiger partial charge >= 0.3 is 0 Å². The Morgan fingerprint density at radius 3 is 2.72 bits per heavy atom. The molecule has 1 atom stereocenters. The molecule has 0 spiro atoms. The fraction of sp³-hybridized carbons (Fsp3) is 0.350. The summed E-state index contributed by atoms with van der Waals surface area (Å²) in [5.74, 6) is 1.37. The zero-order chi connectivity index (χ0) is 17.6. The summed E-state index contributed by atoms with van der Waals surface area (Å²) >= 11 is 0. The number of aromatic nitrogens is 4. The number of benzene rings is 1. The molecule has 5 heteroatoms. The smallest absolute Gasteiger partial charge is 0.251 e. The van der Waals surface area contributed by atoms with Crippen molar-refractivity contribution in [2.24, 2.45) is 0 Å². The quantitative estimate of drug-likeness (QED) is 0.790. The van der Waals surface area contributed by atoms with Crippen LogP contribution in [0.4, 0.5) is 0 Å². The van der Waals surface area contributed by atoms with E-state index in [1.54, 1.807) is 13.1 Å². The van der Waals surface area contributed by atoms with Crippen LogP contribution >= 0.6 is 0 Å². The molecule has 1 saturated carbocycles. The van der Waals surface area contributed by atoms with Crippen LogP contribution in [0.5, 0.6) is 0 Å². The fourth-order valence-corrected chi connectivity index (χ4v) is 3.39. The predicted molar refractivity (Wildman–Crippen MR) is 97.8 cm³/mol. The van der Waals surface area contributed by atoms with Crippen LogP contribution in [0.25, 0.3) is 11.3 Å². The minimum atomic E-state index is -0.144. The van der Waals surface area contributed by atoms with E-state index in [0.29, 0.717) is 11.5 Å². The standard InChI is InChI=1S/C20H22N4O/c1-12-8-16(15-4-5-15)6-7-18(12)13(2)24-11-17(10-21-24)19-9-20(25)23-14(3)22-19/h6-11,13,15H,4-5H2,1-3H3,(H,22,23,25)/t13-/m0/s1. The van der Waals surface area contributed by atoms with Crippen LogP contribution in [0.15, 0.2) is 41.5 Å². The highest BCUT2D eigenvalue weighted by atomic mass is 16.1. The summed E-state index contributed by atoms with van der Waals surface area (Å²) < 4.78 is 1.94. The van der Waals surface area contributed by atoms with Gasteiger partial charge in [-0.2, -0.15) is 5.10 Å². The minimum Gasteiger partial charge on any atom is -0.311 e. The second kappa shape index (κ2) is 5.99. The van der Waals surface area contributed by atoms with Gasteiger partial charge in [-0.1, -0.05) is 18.2 Å². The van der Waals surface area contributed by atoms with Gasteiger partial charge < -0.3 is 4.98 Å². The van der Waals surface area contributed by atoms with E-state index in [2.05, 4.69) is 47.1 Å². The molecular formula is C20H22N4O. The van der Waals surface area contributed by atoms with Gasteiger partial charge in [0.2, 0.25) is 0 Å². The summed E-state index contributed by atoms with van der Waals surface area (Å²) in [7, 11) is 0. The number of nitrogens with zero attached hydrogens (tertiary/aromatic N) is 3. The third-order valence-electron chi connectivity index (χ3n) is 4.95. The Bertz CT molecular complexity index is 981. The SMILES string of the molecule is Cc1nc(-c2cnn([C@@H](C)c3ccc(C4CC4)cc3C)c2)cc(=O)[nH]1. The maximum atomic E-state index is 11.7. The normalized spacial score (nSPS) is 15.3. The minimum absolute atomic E-state index is 0.130. The first-order valence-corrected chi connectivity index (χ1v) is 8.74. The lowest BCUT2D eigenvalue weighted by molar-refractivity contribution is 0.562. The van der Waals surface area contributed by atoms with Crippen LogP contribution < -0.4 is 5.56 Å². The predicted octanol–water partition coefficient (Wildman–Crippen LogP) is 3.74. The summed E-state index contributed by atoms with van der Waals surface area (Å²) in [5, 5.41) is 4.50. The molecule has 1 N–H and O–H groups in total. The lowest BCUT2D eigenvalue weighted by Gasteiger charge is -2.16. The van der Waals surface area contributed by atoms with Crippen molar-refractivity contribution in [3.63, 3.8) is 0 Å². The summed E-state index contributed by atoms with van der Waals surface area (Å²) in [6.45, 7) is 6.10. The molecule has 1 aliphatic rings. The summed E-state index contributed by atoms with van der Waals surface area (Å²) in [4.78, 5) is 18.7. The van der Waals surface area contributed by atoms with Gasteiger partial charge in [0, 0.05) is 17.8 Å². The van der Waals surface area contributed by atoms with E-state index in [0.717, 1.165) is 11.5 Å². The number of H-pyrrole nitrogens is 1. The molecule has 4 rings (SSSR count). The number of hydrogen-bond donors (Lipinski definition) is 1. The highest BCUT2D eigenvalue weighted by molar-refractivity contribution is 5.56. The van der Waals surface area contributed by atoms with Crippen LogP contribution in [0.1, 0.15) is 54.2 Å². The average Bonchev–Trinajstić information content (AvgIpc) is 3.30. The third kappa shape index (κ3) is 3.14. The van der Waals surface area contributed by atoms with E-state index in [9.17, 15) is 4.79 Å². The largest absolute Gasteiger partial charge is 0.311 e. The van der Waals surface area contributed by atoms with E-state index in [1.165, 1.54) is 35.6 Å². The second-order valence-electron chi connectivity index (χ2n) is 6.99. The van der Waals surface area contributed by atoms with Crippen LogP contribution in [0, 0.1) is 13.8 Å². The number of aromatic amines is 1. The van der Waals surface area contributed by atoms with Gasteiger partial charge in [-0.05, 0) is 56.2 Å². The van der Waals surface area contributed by atoms with Gasteiger partial charge in [0.05, 0.1) is 17.9 Å². The molecule has 128 valence electrons. The second-order valence-corrected chi connectivity index (χ2v) is 6.99. The van der Waals surface area contributed by atoms with Crippen LogP contribution in [0.2, 0.25) is 0 Å². The van der Waals surface area contributed by atoms with Crippen molar-refractivity contribution in [3.8, 4) is 11.3 Å². The van der Waals surface area contributed by atoms with Crippen molar-refractivity contribution < 1.29 is 0 Å². The van der Waals surface area contributed by atoms with E-state index in [-0.39, 0.29) is 11.6 Å². The summed E-state index contributed by atoms with van der Waals surface area (Å²) in [6, 6.07) is 8.43. The number of rotatable bonds is 4. The molecule has 0 unspecified atom stereocenters. The lowest BCUT2D eigenvalue weighted by atomic mass is 9.98. The van der Waals surface area contributed by atoms with Crippen molar-refractivity contribution in [3.05, 3.63) is 69.5 Å². The van der Waals surface area contributed by atoms with Crippen molar-refractivity contribution in [2.75, 3.05) is 0 Å². The monoisotopic (exact) mass is 334 g/mol. The van der Waals surface area contributed by atoms with Crippen LogP contribution in [0.3, 0.4) is 0 Å².